The first kappa shape index (κ1) is 19.8. The summed E-state index contributed by atoms with van der Waals surface area (Å²) in [6, 6.07) is 14.4. The fourth-order valence-electron chi connectivity index (χ4n) is 4.27. The normalized spacial score (nSPS) is 20.7. The van der Waals surface area contributed by atoms with Crippen molar-refractivity contribution in [3.63, 3.8) is 0 Å². The van der Waals surface area contributed by atoms with Gasteiger partial charge in [-0.2, -0.15) is 5.01 Å². The maximum atomic E-state index is 13.4. The van der Waals surface area contributed by atoms with E-state index < -0.39 is 22.7 Å². The second-order valence-corrected chi connectivity index (χ2v) is 7.64. The zero-order chi connectivity index (χ0) is 21.3. The van der Waals surface area contributed by atoms with Crippen molar-refractivity contribution < 1.29 is 19.3 Å². The van der Waals surface area contributed by atoms with Gasteiger partial charge < -0.3 is 0 Å². The van der Waals surface area contributed by atoms with Gasteiger partial charge in [-0.1, -0.05) is 49.2 Å². The Kier molecular flexibility index (Phi) is 5.31. The number of nitro groups is 1. The van der Waals surface area contributed by atoms with Gasteiger partial charge in [-0.25, -0.2) is 5.01 Å². The molecule has 8 heteroatoms. The van der Waals surface area contributed by atoms with Crippen molar-refractivity contribution in [2.45, 2.75) is 32.2 Å². The first-order valence-electron chi connectivity index (χ1n) is 9.95. The Morgan fingerprint density at radius 2 is 1.63 bits per heavy atom. The molecule has 0 spiro atoms. The van der Waals surface area contributed by atoms with Crippen LogP contribution in [-0.4, -0.2) is 32.7 Å². The molecule has 8 nitrogen and oxygen atoms in total. The molecule has 1 aliphatic carbocycles. The van der Waals surface area contributed by atoms with Gasteiger partial charge in [0.1, 0.15) is 0 Å². The minimum Gasteiger partial charge on any atom is -0.272 e. The summed E-state index contributed by atoms with van der Waals surface area (Å²) >= 11 is 0. The highest BCUT2D eigenvalue weighted by atomic mass is 16.6. The number of benzene rings is 2. The van der Waals surface area contributed by atoms with Gasteiger partial charge in [0.15, 0.2) is 0 Å². The van der Waals surface area contributed by atoms with E-state index in [4.69, 9.17) is 0 Å². The van der Waals surface area contributed by atoms with Crippen molar-refractivity contribution in [1.29, 1.82) is 0 Å². The van der Waals surface area contributed by atoms with Crippen LogP contribution in [-0.2, 0) is 16.1 Å². The van der Waals surface area contributed by atoms with Gasteiger partial charge in [0.05, 0.1) is 23.3 Å². The molecule has 30 heavy (non-hydrogen) atoms. The summed E-state index contributed by atoms with van der Waals surface area (Å²) in [6.07, 6.45) is 3.03. The van der Waals surface area contributed by atoms with E-state index in [9.17, 15) is 24.5 Å². The van der Waals surface area contributed by atoms with Crippen molar-refractivity contribution in [2.24, 2.45) is 11.8 Å². The molecule has 2 fully saturated rings. The summed E-state index contributed by atoms with van der Waals surface area (Å²) in [5, 5.41) is 13.2. The standard InChI is InChI=1S/C22H21N3O5/c26-20(16-9-6-10-17(13-16)25(29)30)23(14-15-7-2-1-3-8-15)24-21(27)18-11-4-5-12-19(18)22(24)28/h1-3,6-10,13,18-19H,4-5,11-12,14H2/t18-,19-/m1/s1. The molecule has 2 atom stereocenters. The van der Waals surface area contributed by atoms with Crippen molar-refractivity contribution in [1.82, 2.24) is 10.0 Å². The molecular weight excluding hydrogens is 386 g/mol. The molecule has 1 aliphatic heterocycles. The summed E-state index contributed by atoms with van der Waals surface area (Å²) in [7, 11) is 0. The number of hydrogen-bond donors (Lipinski definition) is 0. The number of nitro benzene ring substituents is 1. The predicted octanol–water partition coefficient (Wildman–Crippen LogP) is 3.33. The number of hydrazine groups is 1. The van der Waals surface area contributed by atoms with Crippen molar-refractivity contribution in [3.8, 4) is 0 Å². The molecule has 0 radical (unpaired) electrons. The minimum absolute atomic E-state index is 0.0132. The smallest absolute Gasteiger partial charge is 0.272 e. The van der Waals surface area contributed by atoms with E-state index >= 15 is 0 Å². The Balaban J connectivity index is 1.72. The quantitative estimate of drug-likeness (QED) is 0.430. The fourth-order valence-corrected chi connectivity index (χ4v) is 4.27. The Morgan fingerprint density at radius 3 is 2.23 bits per heavy atom. The van der Waals surface area contributed by atoms with Gasteiger partial charge in [0.25, 0.3) is 23.4 Å². The summed E-state index contributed by atoms with van der Waals surface area (Å²) in [6.45, 7) is 0.0132. The van der Waals surface area contributed by atoms with Gasteiger partial charge in [0.2, 0.25) is 0 Å². The van der Waals surface area contributed by atoms with Crippen LogP contribution in [0.15, 0.2) is 54.6 Å². The maximum absolute atomic E-state index is 13.4. The number of non-ortho nitro benzene ring substituents is 1. The molecule has 0 unspecified atom stereocenters. The fraction of sp³-hybridized carbons (Fsp3) is 0.318. The minimum atomic E-state index is -0.622. The van der Waals surface area contributed by atoms with Crippen LogP contribution in [0.2, 0.25) is 0 Å². The number of fused-ring (bicyclic) bond motifs is 1. The van der Waals surface area contributed by atoms with Gasteiger partial charge in [0, 0.05) is 17.7 Å². The highest BCUT2D eigenvalue weighted by molar-refractivity contribution is 6.07. The molecule has 0 N–H and O–H groups in total. The monoisotopic (exact) mass is 407 g/mol. The highest BCUT2D eigenvalue weighted by Gasteiger charge is 2.51. The van der Waals surface area contributed by atoms with Crippen LogP contribution in [0.1, 0.15) is 41.6 Å². The third kappa shape index (κ3) is 3.56. The molecule has 0 bridgehead atoms. The zero-order valence-corrected chi connectivity index (χ0v) is 16.3. The summed E-state index contributed by atoms with van der Waals surface area (Å²) < 4.78 is 0. The van der Waals surface area contributed by atoms with E-state index in [1.165, 1.54) is 24.3 Å². The van der Waals surface area contributed by atoms with Crippen LogP contribution in [0, 0.1) is 22.0 Å². The van der Waals surface area contributed by atoms with E-state index in [2.05, 4.69) is 0 Å². The summed E-state index contributed by atoms with van der Waals surface area (Å²) in [4.78, 5) is 50.1. The highest BCUT2D eigenvalue weighted by Crippen LogP contribution is 2.39. The molecule has 1 saturated carbocycles. The zero-order valence-electron chi connectivity index (χ0n) is 16.3. The topological polar surface area (TPSA) is 101 Å². The Labute approximate surface area is 173 Å². The van der Waals surface area contributed by atoms with Crippen molar-refractivity contribution in [3.05, 3.63) is 75.8 Å². The Hall–Kier alpha value is -3.55. The third-order valence-electron chi connectivity index (χ3n) is 5.77. The van der Waals surface area contributed by atoms with Crippen LogP contribution < -0.4 is 0 Å². The number of hydrogen-bond acceptors (Lipinski definition) is 5. The number of nitrogens with zero attached hydrogens (tertiary/aromatic N) is 3. The molecule has 2 aromatic rings. The van der Waals surface area contributed by atoms with Crippen LogP contribution >= 0.6 is 0 Å². The lowest BCUT2D eigenvalue weighted by atomic mass is 9.81. The lowest BCUT2D eigenvalue weighted by Crippen LogP contribution is -2.49. The molecule has 154 valence electrons. The third-order valence-corrected chi connectivity index (χ3v) is 5.77. The second-order valence-electron chi connectivity index (χ2n) is 7.64. The lowest BCUT2D eigenvalue weighted by Gasteiger charge is -2.30. The molecule has 1 heterocycles. The first-order valence-corrected chi connectivity index (χ1v) is 9.95. The predicted molar refractivity (Wildman–Crippen MR) is 107 cm³/mol. The number of carbonyl (C=O) groups excluding carboxylic acids is 3. The van der Waals surface area contributed by atoms with E-state index in [1.54, 1.807) is 24.3 Å². The first-order chi connectivity index (χ1) is 14.5. The van der Waals surface area contributed by atoms with E-state index in [1.807, 2.05) is 6.07 Å². The lowest BCUT2D eigenvalue weighted by molar-refractivity contribution is -0.384. The van der Waals surface area contributed by atoms with E-state index in [-0.39, 0.29) is 29.6 Å². The molecule has 2 aromatic carbocycles. The molecule has 4 rings (SSSR count). The molecule has 3 amide bonds. The molecule has 1 saturated heterocycles. The van der Waals surface area contributed by atoms with Crippen LogP contribution in [0.4, 0.5) is 5.69 Å². The van der Waals surface area contributed by atoms with Crippen molar-refractivity contribution >= 4 is 23.4 Å². The van der Waals surface area contributed by atoms with Crippen LogP contribution in [0.25, 0.3) is 0 Å². The number of rotatable bonds is 5. The average molecular weight is 407 g/mol. The number of imide groups is 1. The number of amides is 3. The van der Waals surface area contributed by atoms with Crippen molar-refractivity contribution in [2.75, 3.05) is 0 Å². The molecular formula is C22H21N3O5. The number of carbonyl (C=O) groups is 3. The van der Waals surface area contributed by atoms with Gasteiger partial charge >= 0.3 is 0 Å². The van der Waals surface area contributed by atoms with E-state index in [0.717, 1.165) is 28.4 Å². The van der Waals surface area contributed by atoms with Crippen LogP contribution in [0.3, 0.4) is 0 Å². The summed E-state index contributed by atoms with van der Waals surface area (Å²) in [5.41, 5.74) is 0.565. The van der Waals surface area contributed by atoms with Crippen LogP contribution in [0.5, 0.6) is 0 Å². The van der Waals surface area contributed by atoms with Gasteiger partial charge in [-0.3, -0.25) is 24.5 Å². The summed E-state index contributed by atoms with van der Waals surface area (Å²) in [5.74, 6) is -2.15. The largest absolute Gasteiger partial charge is 0.273 e. The SMILES string of the molecule is O=C(c1cccc([N+](=O)[O-])c1)N(Cc1ccccc1)N1C(=O)[C@@H]2CCCC[C@H]2C1=O. The van der Waals surface area contributed by atoms with Gasteiger partial charge in [-0.15, -0.1) is 0 Å². The average Bonchev–Trinajstić information content (AvgIpc) is 3.03. The molecule has 0 aromatic heterocycles. The van der Waals surface area contributed by atoms with Gasteiger partial charge in [-0.05, 0) is 24.5 Å². The van der Waals surface area contributed by atoms with E-state index in [0.29, 0.717) is 12.8 Å². The second kappa shape index (κ2) is 8.06. The Morgan fingerprint density at radius 1 is 1.00 bits per heavy atom. The Bertz CT molecular complexity index is 983. The maximum Gasteiger partial charge on any atom is 0.273 e. The molecule has 2 aliphatic rings.